The van der Waals surface area contributed by atoms with E-state index in [2.05, 4.69) is 18.8 Å². The summed E-state index contributed by atoms with van der Waals surface area (Å²) in [4.78, 5) is 0. The molecule has 1 fully saturated rings. The molecule has 1 N–H and O–H groups in total. The van der Waals surface area contributed by atoms with Gasteiger partial charge in [-0.2, -0.15) is 0 Å². The van der Waals surface area contributed by atoms with Crippen molar-refractivity contribution in [3.8, 4) is 0 Å². The van der Waals surface area contributed by atoms with E-state index < -0.39 is 0 Å². The Balaban J connectivity index is 2.16. The lowest BCUT2D eigenvalue weighted by Crippen LogP contribution is -2.29. The summed E-state index contributed by atoms with van der Waals surface area (Å²) in [6.07, 6.45) is 13.3. The molecule has 1 saturated carbocycles. The van der Waals surface area contributed by atoms with Crippen LogP contribution in [-0.2, 0) is 0 Å². The van der Waals surface area contributed by atoms with Crippen molar-refractivity contribution in [2.45, 2.75) is 64.3 Å². The molecular weight excluding hydrogens is 182 g/mol. The molecule has 0 aliphatic heterocycles. The highest BCUT2D eigenvalue weighted by Crippen LogP contribution is 2.27. The average molecular weight is 209 g/mol. The van der Waals surface area contributed by atoms with Crippen molar-refractivity contribution in [3.63, 3.8) is 0 Å². The van der Waals surface area contributed by atoms with Gasteiger partial charge in [0, 0.05) is 6.04 Å². The fourth-order valence-corrected chi connectivity index (χ4v) is 2.71. The standard InChI is InChI=1S/C14H27N/c1-3-8-14(15-4-2)12-11-13-9-6-5-7-10-13/h3,13-15H,1,4-12H2,2H3. The van der Waals surface area contributed by atoms with Gasteiger partial charge in [0.2, 0.25) is 0 Å². The van der Waals surface area contributed by atoms with Gasteiger partial charge in [-0.15, -0.1) is 6.58 Å². The van der Waals surface area contributed by atoms with E-state index in [1.165, 1.54) is 44.9 Å². The van der Waals surface area contributed by atoms with Gasteiger partial charge in [-0.1, -0.05) is 45.1 Å². The second-order valence-corrected chi connectivity index (χ2v) is 4.86. The first kappa shape index (κ1) is 12.8. The first-order chi connectivity index (χ1) is 7.36. The Bertz CT molecular complexity index is 159. The molecule has 0 radical (unpaired) electrons. The molecule has 88 valence electrons. The molecule has 0 aromatic heterocycles. The third-order valence-electron chi connectivity index (χ3n) is 3.59. The SMILES string of the molecule is C=CCC(CCC1CCCCC1)NCC. The molecule has 1 rings (SSSR count). The Morgan fingerprint density at radius 3 is 2.67 bits per heavy atom. The van der Waals surface area contributed by atoms with Crippen molar-refractivity contribution in [2.24, 2.45) is 5.92 Å². The molecule has 0 spiro atoms. The van der Waals surface area contributed by atoms with Gasteiger partial charge in [-0.3, -0.25) is 0 Å². The largest absolute Gasteiger partial charge is 0.314 e. The van der Waals surface area contributed by atoms with Crippen molar-refractivity contribution in [1.29, 1.82) is 0 Å². The maximum absolute atomic E-state index is 3.84. The molecule has 1 aliphatic carbocycles. The van der Waals surface area contributed by atoms with Crippen LogP contribution in [0.4, 0.5) is 0 Å². The monoisotopic (exact) mass is 209 g/mol. The molecule has 1 heteroatoms. The van der Waals surface area contributed by atoms with E-state index in [0.29, 0.717) is 6.04 Å². The third kappa shape index (κ3) is 5.36. The quantitative estimate of drug-likeness (QED) is 0.627. The van der Waals surface area contributed by atoms with Crippen LogP contribution in [0.1, 0.15) is 58.3 Å². The summed E-state index contributed by atoms with van der Waals surface area (Å²) < 4.78 is 0. The van der Waals surface area contributed by atoms with Crippen LogP contribution in [0.5, 0.6) is 0 Å². The van der Waals surface area contributed by atoms with Crippen LogP contribution >= 0.6 is 0 Å². The summed E-state index contributed by atoms with van der Waals surface area (Å²) in [7, 11) is 0. The highest BCUT2D eigenvalue weighted by molar-refractivity contribution is 4.79. The van der Waals surface area contributed by atoms with Gasteiger partial charge in [0.15, 0.2) is 0 Å². The van der Waals surface area contributed by atoms with Gasteiger partial charge < -0.3 is 5.32 Å². The van der Waals surface area contributed by atoms with Crippen LogP contribution in [0.2, 0.25) is 0 Å². The Labute approximate surface area is 95.3 Å². The van der Waals surface area contributed by atoms with Gasteiger partial charge in [0.05, 0.1) is 0 Å². The van der Waals surface area contributed by atoms with E-state index in [1.807, 2.05) is 6.08 Å². The summed E-state index contributed by atoms with van der Waals surface area (Å²) in [6, 6.07) is 0.675. The van der Waals surface area contributed by atoms with E-state index in [4.69, 9.17) is 0 Å². The molecule has 1 unspecified atom stereocenters. The second-order valence-electron chi connectivity index (χ2n) is 4.86. The van der Waals surface area contributed by atoms with E-state index in [9.17, 15) is 0 Å². The molecule has 0 heterocycles. The molecule has 0 amide bonds. The highest BCUT2D eigenvalue weighted by Gasteiger charge is 2.15. The maximum atomic E-state index is 3.84. The smallest absolute Gasteiger partial charge is 0.0101 e. The van der Waals surface area contributed by atoms with E-state index in [0.717, 1.165) is 18.9 Å². The Hall–Kier alpha value is -0.300. The molecule has 1 atom stereocenters. The zero-order valence-corrected chi connectivity index (χ0v) is 10.3. The van der Waals surface area contributed by atoms with E-state index in [1.54, 1.807) is 0 Å². The van der Waals surface area contributed by atoms with Crippen LogP contribution in [0, 0.1) is 5.92 Å². The lowest BCUT2D eigenvalue weighted by Gasteiger charge is -2.24. The fourth-order valence-electron chi connectivity index (χ4n) is 2.71. The van der Waals surface area contributed by atoms with Gasteiger partial charge in [0.25, 0.3) is 0 Å². The molecule has 0 bridgehead atoms. The van der Waals surface area contributed by atoms with Gasteiger partial charge in [-0.25, -0.2) is 0 Å². The summed E-state index contributed by atoms with van der Waals surface area (Å²) in [5.41, 5.74) is 0. The van der Waals surface area contributed by atoms with Crippen LogP contribution in [0.15, 0.2) is 12.7 Å². The van der Waals surface area contributed by atoms with Gasteiger partial charge in [-0.05, 0) is 31.7 Å². The number of hydrogen-bond donors (Lipinski definition) is 1. The number of hydrogen-bond acceptors (Lipinski definition) is 1. The minimum atomic E-state index is 0.675. The van der Waals surface area contributed by atoms with Crippen molar-refractivity contribution in [2.75, 3.05) is 6.54 Å². The molecule has 0 saturated heterocycles. The topological polar surface area (TPSA) is 12.0 Å². The lowest BCUT2D eigenvalue weighted by molar-refractivity contribution is 0.314. The first-order valence-corrected chi connectivity index (χ1v) is 6.71. The first-order valence-electron chi connectivity index (χ1n) is 6.71. The Morgan fingerprint density at radius 2 is 2.07 bits per heavy atom. The highest BCUT2D eigenvalue weighted by atomic mass is 14.9. The minimum Gasteiger partial charge on any atom is -0.314 e. The normalized spacial score (nSPS) is 20.1. The molecule has 0 aromatic carbocycles. The third-order valence-corrected chi connectivity index (χ3v) is 3.59. The Morgan fingerprint density at radius 1 is 1.33 bits per heavy atom. The molecular formula is C14H27N. The fraction of sp³-hybridized carbons (Fsp3) is 0.857. The van der Waals surface area contributed by atoms with Crippen LogP contribution < -0.4 is 5.32 Å². The number of nitrogens with one attached hydrogen (secondary N) is 1. The predicted molar refractivity (Wildman–Crippen MR) is 68.1 cm³/mol. The van der Waals surface area contributed by atoms with E-state index in [-0.39, 0.29) is 0 Å². The van der Waals surface area contributed by atoms with Gasteiger partial charge >= 0.3 is 0 Å². The van der Waals surface area contributed by atoms with E-state index >= 15 is 0 Å². The minimum absolute atomic E-state index is 0.675. The lowest BCUT2D eigenvalue weighted by atomic mass is 9.85. The summed E-state index contributed by atoms with van der Waals surface area (Å²) in [5.74, 6) is 1.02. The average Bonchev–Trinajstić information content (AvgIpc) is 2.28. The zero-order valence-electron chi connectivity index (χ0n) is 10.3. The van der Waals surface area contributed by atoms with Crippen molar-refractivity contribution < 1.29 is 0 Å². The second kappa shape index (κ2) is 7.92. The van der Waals surface area contributed by atoms with Crippen LogP contribution in [-0.4, -0.2) is 12.6 Å². The van der Waals surface area contributed by atoms with Crippen molar-refractivity contribution in [3.05, 3.63) is 12.7 Å². The van der Waals surface area contributed by atoms with Crippen molar-refractivity contribution >= 4 is 0 Å². The summed E-state index contributed by atoms with van der Waals surface area (Å²) in [6.45, 7) is 7.12. The zero-order chi connectivity index (χ0) is 10.9. The maximum Gasteiger partial charge on any atom is 0.0101 e. The molecule has 1 aliphatic rings. The van der Waals surface area contributed by atoms with Crippen LogP contribution in [0.25, 0.3) is 0 Å². The van der Waals surface area contributed by atoms with Crippen molar-refractivity contribution in [1.82, 2.24) is 5.32 Å². The predicted octanol–water partition coefficient (Wildman–Crippen LogP) is 3.90. The number of rotatable bonds is 7. The molecule has 0 aromatic rings. The van der Waals surface area contributed by atoms with Crippen LogP contribution in [0.3, 0.4) is 0 Å². The molecule has 15 heavy (non-hydrogen) atoms. The Kier molecular flexibility index (Phi) is 6.74. The summed E-state index contributed by atoms with van der Waals surface area (Å²) >= 11 is 0. The van der Waals surface area contributed by atoms with Gasteiger partial charge in [0.1, 0.15) is 0 Å². The summed E-state index contributed by atoms with van der Waals surface area (Å²) in [5, 5.41) is 3.55. The molecule has 1 nitrogen and oxygen atoms in total.